The molecule has 2 N–H and O–H groups in total. The molecule has 5 aromatic rings. The molecule has 1 aromatic heterocycles. The number of esters is 1. The monoisotopic (exact) mass is 898 g/mol. The van der Waals surface area contributed by atoms with Gasteiger partial charge in [-0.15, -0.1) is 0 Å². The molecule has 2 saturated carbocycles. The fraction of sp³-hybridized carbons (Fsp3) is 0.434. The molecule has 13 heteroatoms. The maximum atomic E-state index is 15.3. The Labute approximate surface area is 385 Å². The minimum Gasteiger partial charge on any atom is -0.489 e. The summed E-state index contributed by atoms with van der Waals surface area (Å²) in [6.07, 6.45) is -3.28. The van der Waals surface area contributed by atoms with Crippen LogP contribution in [-0.4, -0.2) is 74.1 Å². The molecule has 3 heterocycles. The van der Waals surface area contributed by atoms with Crippen molar-refractivity contribution in [2.24, 2.45) is 21.9 Å². The first kappa shape index (κ1) is 45.3. The van der Waals surface area contributed by atoms with Crippen LogP contribution in [0.4, 0.5) is 0 Å². The first-order chi connectivity index (χ1) is 31.5. The Kier molecular flexibility index (Phi) is 12.0. The fourth-order valence-electron chi connectivity index (χ4n) is 11.5. The van der Waals surface area contributed by atoms with Gasteiger partial charge in [-0.25, -0.2) is 0 Å². The zero-order valence-electron chi connectivity index (χ0n) is 38.3. The summed E-state index contributed by atoms with van der Waals surface area (Å²) in [6, 6.07) is 36.8. The Bertz CT molecular complexity index is 2560. The van der Waals surface area contributed by atoms with Gasteiger partial charge in [-0.3, -0.25) is 9.59 Å². The number of carbonyl (C=O) groups is 2. The number of carbonyl (C=O) groups excluding carboxylic acids is 2. The number of rotatable bonds is 13. The van der Waals surface area contributed by atoms with Gasteiger partial charge in [-0.05, 0) is 97.3 Å². The number of aliphatic hydroxyl groups excluding tert-OH is 1. The van der Waals surface area contributed by atoms with E-state index < -0.39 is 69.7 Å². The van der Waals surface area contributed by atoms with Crippen molar-refractivity contribution in [3.8, 4) is 22.8 Å². The van der Waals surface area contributed by atoms with Crippen molar-refractivity contribution in [3.05, 3.63) is 138 Å². The van der Waals surface area contributed by atoms with E-state index in [2.05, 4.69) is 10.3 Å². The highest BCUT2D eigenvalue weighted by Crippen LogP contribution is 2.68. The van der Waals surface area contributed by atoms with Crippen LogP contribution in [0.2, 0.25) is 0 Å². The fourth-order valence-corrected chi connectivity index (χ4v) is 11.5. The predicted octanol–water partition coefficient (Wildman–Crippen LogP) is 8.56. The third kappa shape index (κ3) is 7.99. The van der Waals surface area contributed by atoms with Crippen LogP contribution in [0.1, 0.15) is 89.7 Å². The largest absolute Gasteiger partial charge is 0.489 e. The third-order valence-electron chi connectivity index (χ3n) is 14.7. The van der Waals surface area contributed by atoms with Crippen molar-refractivity contribution in [2.45, 2.75) is 128 Å². The first-order valence-corrected chi connectivity index (χ1v) is 22.7. The summed E-state index contributed by atoms with van der Waals surface area (Å²) < 4.78 is 37.4. The number of hydrogen-bond donors (Lipinski definition) is 2. The zero-order valence-corrected chi connectivity index (χ0v) is 38.3. The topological polar surface area (TPSA) is 168 Å². The van der Waals surface area contributed by atoms with Crippen molar-refractivity contribution >= 4 is 17.5 Å². The summed E-state index contributed by atoms with van der Waals surface area (Å²) in [6.45, 7) is 11.2. The van der Waals surface area contributed by atoms with Crippen molar-refractivity contribution in [2.75, 3.05) is 0 Å². The minimum absolute atomic E-state index is 0.0299. The van der Waals surface area contributed by atoms with Gasteiger partial charge in [0, 0.05) is 42.7 Å². The van der Waals surface area contributed by atoms with Gasteiger partial charge >= 0.3 is 5.97 Å². The standard InChI is InChI=1S/C53H58N2O11/c1-33(56)63-48-46(58)47-49(2,3)26-25-44(62-32-40-27-41(54-64-40)36-17-21-38(22-18-36)60-30-34-13-9-7-10-14-34)51(47,5)53(59)43(57)29-50(4,66-52(48,53)6)45-28-42(55-65-45)37-19-23-39(24-20-37)61-31-35-15-11-8-12-16-35/h7-24,27,44-48,58-59H,25-26,28-32H2,1-6H3/t44-,45?,46-,47-,48-,50+,51-,52+,53-/m0/s1. The summed E-state index contributed by atoms with van der Waals surface area (Å²) in [5, 5.41) is 34.8. The quantitative estimate of drug-likeness (QED) is 0.108. The third-order valence-corrected chi connectivity index (χ3v) is 14.7. The highest BCUT2D eigenvalue weighted by atomic mass is 16.7. The van der Waals surface area contributed by atoms with E-state index in [0.29, 0.717) is 49.0 Å². The summed E-state index contributed by atoms with van der Waals surface area (Å²) in [7, 11) is 0. The second-order valence-corrected chi connectivity index (χ2v) is 19.6. The minimum atomic E-state index is -2.32. The Morgan fingerprint density at radius 2 is 1.39 bits per heavy atom. The van der Waals surface area contributed by atoms with E-state index in [1.807, 2.05) is 123 Å². The molecule has 0 radical (unpaired) electrons. The van der Waals surface area contributed by atoms with Crippen LogP contribution in [0.3, 0.4) is 0 Å². The van der Waals surface area contributed by atoms with E-state index in [1.165, 1.54) is 6.92 Å². The Morgan fingerprint density at radius 1 is 0.803 bits per heavy atom. The van der Waals surface area contributed by atoms with Gasteiger partial charge in [0.05, 0.1) is 17.9 Å². The van der Waals surface area contributed by atoms with Gasteiger partial charge in [-0.1, -0.05) is 91.7 Å². The van der Waals surface area contributed by atoms with Crippen molar-refractivity contribution in [3.63, 3.8) is 0 Å². The first-order valence-electron chi connectivity index (χ1n) is 22.7. The number of Topliss-reactive ketones (excluding diaryl/α,β-unsaturated/α-hetero) is 1. The number of aromatic nitrogens is 1. The maximum absolute atomic E-state index is 15.3. The number of ketones is 1. The van der Waals surface area contributed by atoms with Crippen LogP contribution in [0.15, 0.2) is 125 Å². The van der Waals surface area contributed by atoms with Crippen LogP contribution in [0, 0.1) is 16.7 Å². The molecule has 0 amide bonds. The summed E-state index contributed by atoms with van der Waals surface area (Å²) in [5.41, 5.74) is -2.76. The van der Waals surface area contributed by atoms with Gasteiger partial charge in [0.1, 0.15) is 48.2 Å². The van der Waals surface area contributed by atoms with Crippen molar-refractivity contribution in [1.82, 2.24) is 5.16 Å². The maximum Gasteiger partial charge on any atom is 0.303 e. The molecule has 1 saturated heterocycles. The number of benzene rings is 4. The van der Waals surface area contributed by atoms with Crippen LogP contribution < -0.4 is 9.47 Å². The predicted molar refractivity (Wildman–Crippen MR) is 243 cm³/mol. The smallest absolute Gasteiger partial charge is 0.303 e. The Balaban J connectivity index is 0.941. The van der Waals surface area contributed by atoms with Crippen molar-refractivity contribution < 1.29 is 52.8 Å². The lowest BCUT2D eigenvalue weighted by molar-refractivity contribution is -0.384. The molecule has 9 atom stereocenters. The molecular formula is C53H58N2O11. The normalized spacial score (nSPS) is 31.2. The molecule has 346 valence electrons. The summed E-state index contributed by atoms with van der Waals surface area (Å²) >= 11 is 0. The molecule has 4 aromatic carbocycles. The van der Waals surface area contributed by atoms with E-state index in [1.54, 1.807) is 26.8 Å². The molecule has 66 heavy (non-hydrogen) atoms. The van der Waals surface area contributed by atoms with E-state index in [9.17, 15) is 15.0 Å². The van der Waals surface area contributed by atoms with E-state index in [0.717, 1.165) is 28.0 Å². The molecule has 4 aliphatic rings. The van der Waals surface area contributed by atoms with Gasteiger partial charge in [0.25, 0.3) is 0 Å². The van der Waals surface area contributed by atoms with Gasteiger partial charge in [-0.2, -0.15) is 0 Å². The molecule has 2 aliphatic carbocycles. The molecule has 2 aliphatic heterocycles. The SMILES string of the molecule is CC(=O)O[C@H]1[C@@H](O)[C@H]2C(C)(C)CC[C@H](OCc3cc(-c4ccc(OCc5ccccc5)cc4)no3)[C@]2(C)[C@@]2(O)C(=O)C[C@](C)(C3CC(c4ccc(OCc5ccccc5)cc4)=NO3)O[C@]12C. The zero-order chi connectivity index (χ0) is 46.5. The highest BCUT2D eigenvalue weighted by molar-refractivity contribution is 6.01. The van der Waals surface area contributed by atoms with Crippen molar-refractivity contribution in [1.29, 1.82) is 0 Å². The van der Waals surface area contributed by atoms with Crippen LogP contribution >= 0.6 is 0 Å². The van der Waals surface area contributed by atoms with Crippen LogP contribution in [-0.2, 0) is 48.5 Å². The molecule has 0 spiro atoms. The summed E-state index contributed by atoms with van der Waals surface area (Å²) in [5.74, 6) is -0.152. The number of hydrogen-bond acceptors (Lipinski definition) is 13. The van der Waals surface area contributed by atoms with E-state index >= 15 is 4.79 Å². The van der Waals surface area contributed by atoms with Gasteiger partial charge < -0.3 is 43.3 Å². The molecule has 9 rings (SSSR count). The number of ether oxygens (including phenoxy) is 5. The lowest BCUT2D eigenvalue weighted by atomic mass is 9.39. The second kappa shape index (κ2) is 17.4. The number of nitrogens with zero attached hydrogens (tertiary/aromatic N) is 2. The number of aliphatic hydroxyl groups is 2. The Hall–Kier alpha value is -5.86. The molecule has 3 fully saturated rings. The number of oxime groups is 1. The van der Waals surface area contributed by atoms with Gasteiger partial charge in [0.15, 0.2) is 29.4 Å². The lowest BCUT2D eigenvalue weighted by Gasteiger charge is -2.71. The molecular weight excluding hydrogens is 841 g/mol. The second-order valence-electron chi connectivity index (χ2n) is 19.6. The van der Waals surface area contributed by atoms with Crippen LogP contribution in [0.5, 0.6) is 11.5 Å². The highest BCUT2D eigenvalue weighted by Gasteiger charge is 2.82. The van der Waals surface area contributed by atoms with Gasteiger partial charge in [0.2, 0.25) is 0 Å². The lowest BCUT2D eigenvalue weighted by Crippen LogP contribution is -2.87. The average molecular weight is 899 g/mol. The molecule has 13 nitrogen and oxygen atoms in total. The van der Waals surface area contributed by atoms with E-state index in [-0.39, 0.29) is 19.4 Å². The molecule has 1 unspecified atom stereocenters. The molecule has 0 bridgehead atoms. The average Bonchev–Trinajstić information content (AvgIpc) is 4.01. The Morgan fingerprint density at radius 3 is 1.98 bits per heavy atom. The summed E-state index contributed by atoms with van der Waals surface area (Å²) in [4.78, 5) is 34.2. The van der Waals surface area contributed by atoms with E-state index in [4.69, 9.17) is 33.0 Å². The van der Waals surface area contributed by atoms with Crippen LogP contribution in [0.25, 0.3) is 11.3 Å². The number of fused-ring (bicyclic) bond motifs is 3.